The van der Waals surface area contributed by atoms with Gasteiger partial charge < -0.3 is 79.5 Å². The number of phenols is 2. The normalized spacial score (nSPS) is 14.8. The van der Waals surface area contributed by atoms with E-state index in [0.717, 1.165) is 0 Å². The van der Waals surface area contributed by atoms with Crippen LogP contribution in [0.4, 0.5) is 0 Å². The summed E-state index contributed by atoms with van der Waals surface area (Å²) in [6, 6.07) is 0.152. The first-order valence-electron chi connectivity index (χ1n) is 23.7. The first-order valence-corrected chi connectivity index (χ1v) is 23.7. The third-order valence-corrected chi connectivity index (χ3v) is 11.5. The number of hydrogen-bond acceptors (Lipinski definition) is 15. The quantitative estimate of drug-likeness (QED) is 0.0354. The molecule has 0 radical (unpaired) electrons. The number of carbonyl (C=O) groups excluding carboxylic acids is 9. The topological polar surface area (TPSA) is 420 Å². The van der Waals surface area contributed by atoms with Crippen LogP contribution in [0.25, 0.3) is 0 Å². The summed E-state index contributed by atoms with van der Waals surface area (Å²) in [4.78, 5) is 131. The number of aliphatic hydroxyl groups excluding tert-OH is 2. The van der Waals surface area contributed by atoms with Crippen molar-refractivity contribution in [3.8, 4) is 11.5 Å². The molecule has 0 saturated carbocycles. The van der Waals surface area contributed by atoms with Crippen molar-refractivity contribution in [3.05, 3.63) is 59.7 Å². The molecule has 0 aliphatic heterocycles. The lowest BCUT2D eigenvalue weighted by Crippen LogP contribution is -2.60. The predicted molar refractivity (Wildman–Crippen MR) is 262 cm³/mol. The van der Waals surface area contributed by atoms with Crippen molar-refractivity contribution in [1.82, 2.24) is 42.5 Å². The third kappa shape index (κ3) is 21.5. The lowest BCUT2D eigenvalue weighted by molar-refractivity contribution is -0.144. The van der Waals surface area contributed by atoms with E-state index < -0.39 is 152 Å². The van der Waals surface area contributed by atoms with Gasteiger partial charge in [0, 0.05) is 12.8 Å². The van der Waals surface area contributed by atoms with Gasteiger partial charge in [-0.05, 0) is 72.4 Å². The Labute approximate surface area is 422 Å². The molecule has 2 aromatic carbocycles. The van der Waals surface area contributed by atoms with Gasteiger partial charge >= 0.3 is 5.97 Å². The summed E-state index contributed by atoms with van der Waals surface area (Å²) in [6.45, 7) is 7.20. The van der Waals surface area contributed by atoms with Crippen molar-refractivity contribution in [1.29, 1.82) is 0 Å². The molecule has 0 saturated heterocycles. The van der Waals surface area contributed by atoms with E-state index in [2.05, 4.69) is 42.5 Å². The molecule has 25 heteroatoms. The van der Waals surface area contributed by atoms with Crippen molar-refractivity contribution in [3.63, 3.8) is 0 Å². The number of phenolic OH excluding ortho intramolecular Hbond substituents is 2. The monoisotopic (exact) mass is 1030 g/mol. The molecule has 404 valence electrons. The van der Waals surface area contributed by atoms with Crippen LogP contribution >= 0.6 is 0 Å². The Morgan fingerprint density at radius 2 is 1.00 bits per heavy atom. The number of primary amides is 1. The molecule has 0 aromatic heterocycles. The van der Waals surface area contributed by atoms with Crippen LogP contribution in [0.3, 0.4) is 0 Å². The number of amides is 9. The van der Waals surface area contributed by atoms with Gasteiger partial charge in [0.1, 0.15) is 53.8 Å². The number of aliphatic carboxylic acids is 1. The second-order valence-corrected chi connectivity index (χ2v) is 18.4. The van der Waals surface area contributed by atoms with Gasteiger partial charge in [0.25, 0.3) is 0 Å². The van der Waals surface area contributed by atoms with Crippen molar-refractivity contribution in [2.24, 2.45) is 29.2 Å². The lowest BCUT2D eigenvalue weighted by Gasteiger charge is -2.28. The number of aromatic hydroxyl groups is 2. The molecule has 25 nitrogen and oxygen atoms in total. The second kappa shape index (κ2) is 30.5. The van der Waals surface area contributed by atoms with Gasteiger partial charge in [-0.1, -0.05) is 72.2 Å². The molecule has 0 heterocycles. The fourth-order valence-electron chi connectivity index (χ4n) is 7.05. The predicted octanol–water partition coefficient (Wildman–Crippen LogP) is -3.20. The number of hydrogen-bond donors (Lipinski definition) is 15. The van der Waals surface area contributed by atoms with E-state index in [4.69, 9.17) is 11.5 Å². The van der Waals surface area contributed by atoms with Gasteiger partial charge in [0.15, 0.2) is 0 Å². The van der Waals surface area contributed by atoms with Gasteiger partial charge in [-0.25, -0.2) is 4.79 Å². The van der Waals surface area contributed by atoms with Crippen molar-refractivity contribution in [2.45, 2.75) is 128 Å². The van der Waals surface area contributed by atoms with E-state index in [0.29, 0.717) is 17.5 Å². The Balaban J connectivity index is 2.19. The number of nitrogens with one attached hydrogen (secondary N) is 8. The fourth-order valence-corrected chi connectivity index (χ4v) is 7.05. The van der Waals surface area contributed by atoms with Crippen LogP contribution in [0.2, 0.25) is 0 Å². The molecule has 9 amide bonds. The van der Waals surface area contributed by atoms with Crippen LogP contribution in [0.5, 0.6) is 11.5 Å². The standard InChI is InChI=1S/C48H72N10O15/c1-7-26(6)40(47(71)57-39(25(4)5)48(72)73)58-46(70)36(23-60)56-44(68)33(18-24(2)3)52-38(64)21-51-42(66)35(22-59)55-43(67)32(16-17-37(50)63)53-45(69)34(20-28-10-14-30(62)15-11-28)54-41(65)31(49)19-27-8-12-29(61)13-9-27/h8-15,24-26,31-36,39-40,59-62H,7,16-23,49H2,1-6H3,(H2,50,63)(H,51,66)(H,52,64)(H,53,69)(H,54,65)(H,55,67)(H,56,68)(H,57,71)(H,58,70)(H,72,73)/t26-,31-,32-,33-,34-,35-,36-,39-,40-/m0/s1. The van der Waals surface area contributed by atoms with Gasteiger partial charge in [0.05, 0.1) is 25.8 Å². The highest BCUT2D eigenvalue weighted by Gasteiger charge is 2.35. The maximum atomic E-state index is 13.9. The minimum Gasteiger partial charge on any atom is -0.508 e. The van der Waals surface area contributed by atoms with E-state index in [1.54, 1.807) is 53.7 Å². The molecule has 0 aliphatic rings. The molecule has 9 atom stereocenters. The van der Waals surface area contributed by atoms with Gasteiger partial charge in [-0.15, -0.1) is 0 Å². The summed E-state index contributed by atoms with van der Waals surface area (Å²) in [5.74, 6) is -11.0. The molecule has 0 unspecified atom stereocenters. The Kier molecular flexibility index (Phi) is 25.8. The van der Waals surface area contributed by atoms with Gasteiger partial charge in [-0.3, -0.25) is 43.2 Å². The molecule has 17 N–H and O–H groups in total. The number of nitrogens with two attached hydrogens (primary N) is 2. The van der Waals surface area contributed by atoms with Gasteiger partial charge in [0.2, 0.25) is 53.2 Å². The summed E-state index contributed by atoms with van der Waals surface area (Å²) < 4.78 is 0. The average molecular weight is 1030 g/mol. The summed E-state index contributed by atoms with van der Waals surface area (Å²) in [5, 5.41) is 68.4. The summed E-state index contributed by atoms with van der Waals surface area (Å²) in [7, 11) is 0. The molecule has 73 heavy (non-hydrogen) atoms. The number of carboxylic acids is 1. The summed E-state index contributed by atoms with van der Waals surface area (Å²) in [6.07, 6.45) is -0.649. The molecule has 0 aliphatic carbocycles. The minimum absolute atomic E-state index is 0.00517. The number of benzene rings is 2. The van der Waals surface area contributed by atoms with E-state index in [9.17, 15) is 73.5 Å². The largest absolute Gasteiger partial charge is 0.508 e. The highest BCUT2D eigenvalue weighted by atomic mass is 16.4. The molecule has 2 rings (SSSR count). The van der Waals surface area contributed by atoms with Crippen LogP contribution in [0, 0.1) is 17.8 Å². The fraction of sp³-hybridized carbons (Fsp3) is 0.542. The average Bonchev–Trinajstić information content (AvgIpc) is 3.33. The zero-order chi connectivity index (χ0) is 55.1. The highest BCUT2D eigenvalue weighted by Crippen LogP contribution is 2.15. The summed E-state index contributed by atoms with van der Waals surface area (Å²) >= 11 is 0. The third-order valence-electron chi connectivity index (χ3n) is 11.5. The Bertz CT molecular complexity index is 2210. The molecule has 0 spiro atoms. The maximum Gasteiger partial charge on any atom is 0.326 e. The van der Waals surface area contributed by atoms with Crippen molar-refractivity contribution >= 4 is 59.1 Å². The lowest BCUT2D eigenvalue weighted by atomic mass is 9.96. The van der Waals surface area contributed by atoms with E-state index >= 15 is 0 Å². The summed E-state index contributed by atoms with van der Waals surface area (Å²) in [5.41, 5.74) is 12.6. The number of aliphatic hydroxyl groups is 2. The smallest absolute Gasteiger partial charge is 0.326 e. The van der Waals surface area contributed by atoms with E-state index in [1.165, 1.54) is 36.4 Å². The van der Waals surface area contributed by atoms with E-state index in [-0.39, 0.29) is 36.7 Å². The number of carboxylic acid groups (broad SMARTS) is 1. The molecular formula is C48H72N10O15. The molecule has 2 aromatic rings. The Morgan fingerprint density at radius 3 is 1.48 bits per heavy atom. The van der Waals surface area contributed by atoms with Crippen LogP contribution in [0.1, 0.15) is 78.4 Å². The molecular weight excluding hydrogens is 957 g/mol. The molecule has 0 fully saturated rings. The van der Waals surface area contributed by atoms with Crippen LogP contribution < -0.4 is 54.0 Å². The minimum atomic E-state index is -1.75. The zero-order valence-electron chi connectivity index (χ0n) is 41.8. The van der Waals surface area contributed by atoms with Crippen molar-refractivity contribution in [2.75, 3.05) is 19.8 Å². The Hall–Kier alpha value is -7.38. The van der Waals surface area contributed by atoms with Crippen LogP contribution in [-0.2, 0) is 60.8 Å². The number of rotatable bonds is 31. The van der Waals surface area contributed by atoms with Gasteiger partial charge in [-0.2, -0.15) is 0 Å². The maximum absolute atomic E-state index is 13.9. The second-order valence-electron chi connectivity index (χ2n) is 18.4. The van der Waals surface area contributed by atoms with Crippen LogP contribution in [0.15, 0.2) is 48.5 Å². The highest BCUT2D eigenvalue weighted by molar-refractivity contribution is 5.97. The Morgan fingerprint density at radius 1 is 0.548 bits per heavy atom. The van der Waals surface area contributed by atoms with Crippen LogP contribution in [-0.4, -0.2) is 153 Å². The van der Waals surface area contributed by atoms with E-state index in [1.807, 2.05) is 0 Å². The van der Waals surface area contributed by atoms with Crippen molar-refractivity contribution < 1.29 is 73.5 Å². The first-order chi connectivity index (χ1) is 34.3. The molecule has 0 bridgehead atoms. The number of carbonyl (C=O) groups is 10. The zero-order valence-corrected chi connectivity index (χ0v) is 41.8. The first kappa shape index (κ1) is 61.7. The SMILES string of the molecule is CC[C@H](C)[C@H](NC(=O)[C@H](CO)NC(=O)[C@H](CC(C)C)NC(=O)CNC(=O)[C@H](CO)NC(=O)[C@H](CCC(N)=O)NC(=O)[C@H](Cc1ccc(O)cc1)NC(=O)[C@@H](N)Cc1ccc(O)cc1)C(=O)N[C@H](C(=O)O)C(C)C.